The van der Waals surface area contributed by atoms with E-state index in [1.807, 2.05) is 42.3 Å². The molecule has 0 atom stereocenters. The van der Waals surface area contributed by atoms with Crippen molar-refractivity contribution >= 4 is 29.9 Å². The molecule has 0 unspecified atom stereocenters. The number of guanidine groups is 1. The van der Waals surface area contributed by atoms with Crippen LogP contribution >= 0.6 is 24.0 Å². The molecule has 0 spiro atoms. The first-order valence-corrected chi connectivity index (χ1v) is 9.49. The second-order valence-electron chi connectivity index (χ2n) is 6.77. The summed E-state index contributed by atoms with van der Waals surface area (Å²) in [6.45, 7) is -0.459. The Morgan fingerprint density at radius 2 is 1.88 bits per heavy atom. The van der Waals surface area contributed by atoms with Crippen LogP contribution in [0.1, 0.15) is 11.4 Å². The molecule has 0 aliphatic heterocycles. The van der Waals surface area contributed by atoms with Gasteiger partial charge in [-0.3, -0.25) is 4.99 Å². The fourth-order valence-electron chi connectivity index (χ4n) is 2.83. The Balaban J connectivity index is 0.00000363. The van der Waals surface area contributed by atoms with Crippen molar-refractivity contribution in [3.63, 3.8) is 0 Å². The molecule has 7 nitrogen and oxygen atoms in total. The molecule has 0 aliphatic carbocycles. The van der Waals surface area contributed by atoms with Crippen LogP contribution in [0.25, 0.3) is 11.3 Å². The third kappa shape index (κ3) is 7.70. The lowest BCUT2D eigenvalue weighted by Gasteiger charge is -2.21. The number of nitrogens with zero attached hydrogens (tertiary/aromatic N) is 4. The molecule has 0 radical (unpaired) electrons. The van der Waals surface area contributed by atoms with Gasteiger partial charge in [0, 0.05) is 32.9 Å². The standard InChI is InChI=1S/C21H23F3N6O.HI/c1-25-20(28-11-15-8-9-19(27-10-15)31-14-21(22,23)24)30(2)13-18-26-12-17(29-18)16-6-4-3-5-7-16;/h3-10,12H,11,13-14H2,1-2H3,(H,25,28)(H,26,29);1H. The van der Waals surface area contributed by atoms with Crippen molar-refractivity contribution in [3.05, 3.63) is 66.2 Å². The number of aromatic nitrogens is 3. The largest absolute Gasteiger partial charge is 0.468 e. The molecule has 2 N–H and O–H groups in total. The number of ether oxygens (including phenoxy) is 1. The normalized spacial score (nSPS) is 11.6. The van der Waals surface area contributed by atoms with Crippen LogP contribution in [0.2, 0.25) is 0 Å². The molecule has 3 rings (SSSR count). The van der Waals surface area contributed by atoms with E-state index in [0.717, 1.165) is 22.6 Å². The number of imidazole rings is 1. The maximum atomic E-state index is 12.2. The number of rotatable bonds is 7. The SMILES string of the molecule is CN=C(NCc1ccc(OCC(F)(F)F)nc1)N(C)Cc1ncc(-c2ccccc2)[nH]1.I. The number of nitrogens with one attached hydrogen (secondary N) is 2. The number of halogens is 4. The van der Waals surface area contributed by atoms with Crippen LogP contribution in [0, 0.1) is 0 Å². The number of alkyl halides is 3. The van der Waals surface area contributed by atoms with Crippen LogP contribution in [0.4, 0.5) is 13.2 Å². The first kappa shape index (κ1) is 25.4. The molecule has 0 fully saturated rings. The molecule has 0 aliphatic rings. The average molecular weight is 560 g/mol. The van der Waals surface area contributed by atoms with Crippen molar-refractivity contribution in [1.29, 1.82) is 0 Å². The summed E-state index contributed by atoms with van der Waals surface area (Å²) in [6, 6.07) is 13.0. The highest BCUT2D eigenvalue weighted by Gasteiger charge is 2.28. The second-order valence-corrected chi connectivity index (χ2v) is 6.77. The van der Waals surface area contributed by atoms with Crippen molar-refractivity contribution in [1.82, 2.24) is 25.2 Å². The van der Waals surface area contributed by atoms with Crippen LogP contribution in [-0.4, -0.2) is 52.7 Å². The molecular formula is C21H24F3IN6O. The number of aliphatic imine (C=N–C) groups is 1. The molecule has 0 bridgehead atoms. The minimum Gasteiger partial charge on any atom is -0.468 e. The Morgan fingerprint density at radius 1 is 1.12 bits per heavy atom. The van der Waals surface area contributed by atoms with Crippen molar-refractivity contribution in [2.75, 3.05) is 20.7 Å². The zero-order valence-corrected chi connectivity index (χ0v) is 19.9. The predicted molar refractivity (Wildman–Crippen MR) is 127 cm³/mol. The summed E-state index contributed by atoms with van der Waals surface area (Å²) in [4.78, 5) is 17.8. The highest BCUT2D eigenvalue weighted by atomic mass is 127. The van der Waals surface area contributed by atoms with E-state index in [9.17, 15) is 13.2 Å². The highest BCUT2D eigenvalue weighted by molar-refractivity contribution is 14.0. The van der Waals surface area contributed by atoms with Gasteiger partial charge in [0.05, 0.1) is 18.4 Å². The maximum absolute atomic E-state index is 12.2. The zero-order valence-electron chi connectivity index (χ0n) is 17.6. The van der Waals surface area contributed by atoms with E-state index < -0.39 is 12.8 Å². The quantitative estimate of drug-likeness (QED) is 0.257. The molecule has 32 heavy (non-hydrogen) atoms. The van der Waals surface area contributed by atoms with E-state index in [1.165, 1.54) is 12.3 Å². The molecule has 0 amide bonds. The van der Waals surface area contributed by atoms with E-state index in [1.54, 1.807) is 19.3 Å². The fourth-order valence-corrected chi connectivity index (χ4v) is 2.83. The maximum Gasteiger partial charge on any atom is 0.422 e. The molecule has 172 valence electrons. The van der Waals surface area contributed by atoms with Crippen LogP contribution < -0.4 is 10.1 Å². The third-order valence-electron chi connectivity index (χ3n) is 4.31. The van der Waals surface area contributed by atoms with E-state index >= 15 is 0 Å². The topological polar surface area (TPSA) is 78.4 Å². The minimum atomic E-state index is -4.39. The molecule has 3 aromatic rings. The molecule has 0 saturated carbocycles. The monoisotopic (exact) mass is 560 g/mol. The number of hydrogen-bond donors (Lipinski definition) is 2. The molecule has 11 heteroatoms. The summed E-state index contributed by atoms with van der Waals surface area (Å²) < 4.78 is 41.2. The van der Waals surface area contributed by atoms with Crippen molar-refractivity contribution in [2.24, 2.45) is 4.99 Å². The fraction of sp³-hybridized carbons (Fsp3) is 0.286. The first-order valence-electron chi connectivity index (χ1n) is 9.49. The van der Waals surface area contributed by atoms with Gasteiger partial charge in [-0.15, -0.1) is 24.0 Å². The Morgan fingerprint density at radius 3 is 2.50 bits per heavy atom. The lowest BCUT2D eigenvalue weighted by atomic mass is 10.2. The zero-order chi connectivity index (χ0) is 22.3. The molecule has 2 aromatic heterocycles. The van der Waals surface area contributed by atoms with E-state index in [-0.39, 0.29) is 29.9 Å². The van der Waals surface area contributed by atoms with E-state index in [4.69, 9.17) is 0 Å². The van der Waals surface area contributed by atoms with Gasteiger partial charge >= 0.3 is 6.18 Å². The summed E-state index contributed by atoms with van der Waals surface area (Å²) in [6.07, 6.45) is -1.14. The Bertz CT molecular complexity index is 993. The lowest BCUT2D eigenvalue weighted by Crippen LogP contribution is -2.38. The molecule has 2 heterocycles. The van der Waals surface area contributed by atoms with Gasteiger partial charge in [-0.05, 0) is 11.1 Å². The van der Waals surface area contributed by atoms with Crippen LogP contribution in [0.15, 0.2) is 59.9 Å². The Hall–Kier alpha value is -2.83. The van der Waals surface area contributed by atoms with Gasteiger partial charge < -0.3 is 19.9 Å². The summed E-state index contributed by atoms with van der Waals surface area (Å²) in [5.41, 5.74) is 2.77. The first-order chi connectivity index (χ1) is 14.8. The number of H-pyrrole nitrogens is 1. The third-order valence-corrected chi connectivity index (χ3v) is 4.31. The molecule has 0 saturated heterocycles. The smallest absolute Gasteiger partial charge is 0.422 e. The van der Waals surface area contributed by atoms with Gasteiger partial charge in [-0.25, -0.2) is 9.97 Å². The molecule has 1 aromatic carbocycles. The summed E-state index contributed by atoms with van der Waals surface area (Å²) >= 11 is 0. The number of pyridine rings is 1. The van der Waals surface area contributed by atoms with Gasteiger partial charge in [-0.1, -0.05) is 36.4 Å². The van der Waals surface area contributed by atoms with Crippen molar-refractivity contribution in [2.45, 2.75) is 19.3 Å². The Labute approximate surface area is 201 Å². The van der Waals surface area contributed by atoms with E-state index in [2.05, 4.69) is 30.0 Å². The summed E-state index contributed by atoms with van der Waals surface area (Å²) in [7, 11) is 3.55. The van der Waals surface area contributed by atoms with Crippen LogP contribution in [0.5, 0.6) is 5.88 Å². The molecular weight excluding hydrogens is 536 g/mol. The Kier molecular flexibility index (Phi) is 9.29. The van der Waals surface area contributed by atoms with E-state index in [0.29, 0.717) is 19.0 Å². The van der Waals surface area contributed by atoms with Gasteiger partial charge in [0.15, 0.2) is 12.6 Å². The van der Waals surface area contributed by atoms with Gasteiger partial charge in [0.25, 0.3) is 0 Å². The van der Waals surface area contributed by atoms with Gasteiger partial charge in [-0.2, -0.15) is 13.2 Å². The van der Waals surface area contributed by atoms with Crippen molar-refractivity contribution < 1.29 is 17.9 Å². The highest BCUT2D eigenvalue weighted by Crippen LogP contribution is 2.18. The van der Waals surface area contributed by atoms with Gasteiger partial charge in [0.2, 0.25) is 5.88 Å². The number of benzene rings is 1. The van der Waals surface area contributed by atoms with Crippen LogP contribution in [0.3, 0.4) is 0 Å². The second kappa shape index (κ2) is 11.7. The van der Waals surface area contributed by atoms with Crippen molar-refractivity contribution in [3.8, 4) is 17.1 Å². The van der Waals surface area contributed by atoms with Crippen LogP contribution in [-0.2, 0) is 13.1 Å². The summed E-state index contributed by atoms with van der Waals surface area (Å²) in [5, 5.41) is 3.19. The summed E-state index contributed by atoms with van der Waals surface area (Å²) in [5.74, 6) is 1.35. The number of hydrogen-bond acceptors (Lipinski definition) is 4. The minimum absolute atomic E-state index is 0. The number of aromatic amines is 1. The lowest BCUT2D eigenvalue weighted by molar-refractivity contribution is -0.154. The average Bonchev–Trinajstić information content (AvgIpc) is 3.22. The van der Waals surface area contributed by atoms with Gasteiger partial charge in [0.1, 0.15) is 5.82 Å². The predicted octanol–water partition coefficient (Wildman–Crippen LogP) is 4.24.